The van der Waals surface area contributed by atoms with Gasteiger partial charge in [-0.3, -0.25) is 14.4 Å². The molecule has 0 amide bonds. The van der Waals surface area contributed by atoms with Gasteiger partial charge in [0.1, 0.15) is 13.2 Å². The van der Waals surface area contributed by atoms with Crippen molar-refractivity contribution in [1.29, 1.82) is 0 Å². The summed E-state index contributed by atoms with van der Waals surface area (Å²) in [5.74, 6) is -0.870. The molecule has 382 valence electrons. The van der Waals surface area contributed by atoms with Gasteiger partial charge in [-0.1, -0.05) is 270 Å². The molecule has 0 heterocycles. The van der Waals surface area contributed by atoms with Crippen LogP contribution in [0.1, 0.15) is 316 Å². The number of hydrogen-bond donors (Lipinski definition) is 0. The van der Waals surface area contributed by atoms with Crippen LogP contribution >= 0.6 is 0 Å². The lowest BCUT2D eigenvalue weighted by atomic mass is 10.0. The number of hydrogen-bond acceptors (Lipinski definition) is 6. The number of allylic oxidation sites excluding steroid dienone is 4. The Labute approximate surface area is 404 Å². The molecule has 0 saturated heterocycles. The van der Waals surface area contributed by atoms with Crippen LogP contribution < -0.4 is 0 Å². The molecule has 1 unspecified atom stereocenters. The topological polar surface area (TPSA) is 78.9 Å². The molecule has 65 heavy (non-hydrogen) atoms. The van der Waals surface area contributed by atoms with Gasteiger partial charge in [0.25, 0.3) is 0 Å². The molecule has 0 radical (unpaired) electrons. The highest BCUT2D eigenvalue weighted by Gasteiger charge is 2.19. The first-order chi connectivity index (χ1) is 32.0. The minimum absolute atomic E-state index is 0.0702. The van der Waals surface area contributed by atoms with E-state index < -0.39 is 6.10 Å². The Morgan fingerprint density at radius 2 is 0.554 bits per heavy atom. The largest absolute Gasteiger partial charge is 0.462 e. The first kappa shape index (κ1) is 62.9. The minimum Gasteiger partial charge on any atom is -0.462 e. The molecule has 0 aromatic carbocycles. The van der Waals surface area contributed by atoms with Crippen LogP contribution in [0.4, 0.5) is 0 Å². The third kappa shape index (κ3) is 52.7. The predicted octanol–water partition coefficient (Wildman–Crippen LogP) is 19.1. The van der Waals surface area contributed by atoms with Crippen molar-refractivity contribution in [2.45, 2.75) is 322 Å². The molecule has 0 saturated carbocycles. The van der Waals surface area contributed by atoms with Crippen LogP contribution in [0.2, 0.25) is 0 Å². The van der Waals surface area contributed by atoms with Gasteiger partial charge in [-0.2, -0.15) is 0 Å². The molecule has 0 aliphatic rings. The van der Waals surface area contributed by atoms with Gasteiger partial charge in [0.2, 0.25) is 0 Å². The quantitative estimate of drug-likeness (QED) is 0.0262. The van der Waals surface area contributed by atoms with Gasteiger partial charge in [-0.15, -0.1) is 0 Å². The lowest BCUT2D eigenvalue weighted by Gasteiger charge is -2.18. The van der Waals surface area contributed by atoms with E-state index in [-0.39, 0.29) is 31.1 Å². The number of rotatable bonds is 53. The van der Waals surface area contributed by atoms with Gasteiger partial charge in [0.05, 0.1) is 0 Å². The van der Waals surface area contributed by atoms with E-state index in [1.807, 2.05) is 0 Å². The van der Waals surface area contributed by atoms with Gasteiger partial charge in [-0.25, -0.2) is 0 Å². The van der Waals surface area contributed by atoms with Crippen LogP contribution in [0.15, 0.2) is 24.3 Å². The number of esters is 3. The molecule has 0 aromatic rings. The van der Waals surface area contributed by atoms with Crippen LogP contribution in [0.25, 0.3) is 0 Å². The summed E-state index contributed by atoms with van der Waals surface area (Å²) in [5.41, 5.74) is 0. The van der Waals surface area contributed by atoms with Crippen LogP contribution in [0, 0.1) is 0 Å². The fourth-order valence-corrected chi connectivity index (χ4v) is 8.59. The normalized spacial score (nSPS) is 12.1. The van der Waals surface area contributed by atoms with E-state index in [1.165, 1.54) is 205 Å². The second-order valence-corrected chi connectivity index (χ2v) is 19.6. The first-order valence-corrected chi connectivity index (χ1v) is 28.8. The summed E-state index contributed by atoms with van der Waals surface area (Å²) >= 11 is 0. The first-order valence-electron chi connectivity index (χ1n) is 28.8. The minimum atomic E-state index is -0.769. The van der Waals surface area contributed by atoms with Crippen molar-refractivity contribution in [3.8, 4) is 0 Å². The molecule has 0 fully saturated rings. The van der Waals surface area contributed by atoms with Crippen molar-refractivity contribution >= 4 is 17.9 Å². The van der Waals surface area contributed by atoms with Crippen molar-refractivity contribution in [3.05, 3.63) is 24.3 Å². The van der Waals surface area contributed by atoms with Gasteiger partial charge in [0, 0.05) is 19.3 Å². The summed E-state index contributed by atoms with van der Waals surface area (Å²) in [6.07, 6.45) is 63.5. The zero-order valence-corrected chi connectivity index (χ0v) is 43.8. The van der Waals surface area contributed by atoms with Gasteiger partial charge in [-0.05, 0) is 51.4 Å². The number of carbonyl (C=O) groups excluding carboxylic acids is 3. The maximum Gasteiger partial charge on any atom is 0.306 e. The standard InChI is InChI=1S/C59H110O6/c1-4-7-10-13-16-18-20-22-24-26-28-29-30-31-32-34-35-37-39-41-43-46-49-52-58(61)64-55-56(54-63-57(60)51-48-45-15-12-9-6-3)65-59(62)53-50-47-44-42-40-38-36-33-27-25-23-21-19-17-14-11-8-5-2/h19,21,25,27,56H,4-18,20,22-24,26,28-55H2,1-3H3/b21-19-,27-25-. The Morgan fingerprint density at radius 1 is 0.308 bits per heavy atom. The molecule has 0 aliphatic heterocycles. The third-order valence-electron chi connectivity index (χ3n) is 13.0. The Hall–Kier alpha value is -2.11. The van der Waals surface area contributed by atoms with Crippen LogP contribution in [-0.2, 0) is 28.6 Å². The van der Waals surface area contributed by atoms with Crippen LogP contribution in [-0.4, -0.2) is 37.2 Å². The summed E-state index contributed by atoms with van der Waals surface area (Å²) in [6.45, 7) is 6.60. The molecule has 0 rings (SSSR count). The third-order valence-corrected chi connectivity index (χ3v) is 13.0. The fourth-order valence-electron chi connectivity index (χ4n) is 8.59. The molecule has 1 atom stereocenters. The molecule has 0 N–H and O–H groups in total. The molecule has 0 aliphatic carbocycles. The van der Waals surface area contributed by atoms with E-state index in [0.717, 1.165) is 70.6 Å². The van der Waals surface area contributed by atoms with Crippen LogP contribution in [0.3, 0.4) is 0 Å². The fraction of sp³-hybridized carbons (Fsp3) is 0.881. The smallest absolute Gasteiger partial charge is 0.306 e. The second kappa shape index (κ2) is 54.5. The van der Waals surface area contributed by atoms with E-state index in [4.69, 9.17) is 14.2 Å². The predicted molar refractivity (Wildman–Crippen MR) is 279 cm³/mol. The molecule has 6 heteroatoms. The zero-order chi connectivity index (χ0) is 47.2. The number of unbranched alkanes of at least 4 members (excludes halogenated alkanes) is 38. The highest BCUT2D eigenvalue weighted by atomic mass is 16.6. The summed E-state index contributed by atoms with van der Waals surface area (Å²) < 4.78 is 16.8. The van der Waals surface area contributed by atoms with E-state index in [9.17, 15) is 14.4 Å². The SMILES string of the molecule is CCCCCC/C=C\C/C=C\CCCCCCCCCC(=O)OC(COC(=O)CCCCCCCC)COC(=O)CCCCCCCCCCCCCCCCCCCCCCCCC. The molecule has 0 aromatic heterocycles. The Kier molecular flexibility index (Phi) is 52.7. The lowest BCUT2D eigenvalue weighted by Crippen LogP contribution is -2.30. The van der Waals surface area contributed by atoms with Crippen molar-refractivity contribution in [2.75, 3.05) is 13.2 Å². The van der Waals surface area contributed by atoms with E-state index in [1.54, 1.807) is 0 Å². The van der Waals surface area contributed by atoms with Crippen molar-refractivity contribution in [1.82, 2.24) is 0 Å². The van der Waals surface area contributed by atoms with Crippen LogP contribution in [0.5, 0.6) is 0 Å². The van der Waals surface area contributed by atoms with Crippen molar-refractivity contribution in [3.63, 3.8) is 0 Å². The second-order valence-electron chi connectivity index (χ2n) is 19.6. The lowest BCUT2D eigenvalue weighted by molar-refractivity contribution is -0.167. The maximum atomic E-state index is 12.8. The molecular formula is C59H110O6. The summed E-state index contributed by atoms with van der Waals surface area (Å²) in [5, 5.41) is 0. The highest BCUT2D eigenvalue weighted by Crippen LogP contribution is 2.17. The Morgan fingerprint density at radius 3 is 0.862 bits per heavy atom. The van der Waals surface area contributed by atoms with Crippen molar-refractivity contribution in [2.24, 2.45) is 0 Å². The molecule has 0 spiro atoms. The summed E-state index contributed by atoms with van der Waals surface area (Å²) in [7, 11) is 0. The number of carbonyl (C=O) groups is 3. The number of ether oxygens (including phenoxy) is 3. The Bertz CT molecular complexity index is 1050. The average molecular weight is 916 g/mol. The highest BCUT2D eigenvalue weighted by molar-refractivity contribution is 5.71. The zero-order valence-electron chi connectivity index (χ0n) is 43.8. The molecule has 0 bridgehead atoms. The monoisotopic (exact) mass is 915 g/mol. The van der Waals surface area contributed by atoms with E-state index in [2.05, 4.69) is 45.1 Å². The summed E-state index contributed by atoms with van der Waals surface area (Å²) in [4.78, 5) is 37.9. The average Bonchev–Trinajstić information content (AvgIpc) is 3.30. The molecular weight excluding hydrogens is 805 g/mol. The maximum absolute atomic E-state index is 12.8. The van der Waals surface area contributed by atoms with E-state index >= 15 is 0 Å². The summed E-state index contributed by atoms with van der Waals surface area (Å²) in [6, 6.07) is 0. The van der Waals surface area contributed by atoms with Crippen molar-refractivity contribution < 1.29 is 28.6 Å². The van der Waals surface area contributed by atoms with Gasteiger partial charge < -0.3 is 14.2 Å². The van der Waals surface area contributed by atoms with E-state index in [0.29, 0.717) is 19.3 Å². The Balaban J connectivity index is 4.09. The van der Waals surface area contributed by atoms with Gasteiger partial charge in [0.15, 0.2) is 6.10 Å². The molecule has 6 nitrogen and oxygen atoms in total. The van der Waals surface area contributed by atoms with Gasteiger partial charge >= 0.3 is 17.9 Å².